The molecule has 15 heavy (non-hydrogen) atoms. The highest BCUT2D eigenvalue weighted by molar-refractivity contribution is 9.10. The van der Waals surface area contributed by atoms with E-state index in [1.54, 1.807) is 0 Å². The molecule has 0 saturated heterocycles. The van der Waals surface area contributed by atoms with Crippen LogP contribution in [0.1, 0.15) is 26.3 Å². The van der Waals surface area contributed by atoms with Crippen molar-refractivity contribution in [1.82, 2.24) is 0 Å². The fraction of sp³-hybridized carbons (Fsp3) is 0.417. The number of carbonyl (C=O) groups excluding carboxylic acids is 2. The molecule has 82 valence electrons. The van der Waals surface area contributed by atoms with Gasteiger partial charge in [-0.05, 0) is 29.5 Å². The van der Waals surface area contributed by atoms with Crippen molar-refractivity contribution < 1.29 is 9.59 Å². The number of rotatable bonds is 1. The minimum atomic E-state index is 0.250. The van der Waals surface area contributed by atoms with E-state index in [-0.39, 0.29) is 6.15 Å². The minimum Gasteiger partial charge on any atom is -0.186 e. The third kappa shape index (κ3) is 8.10. The summed E-state index contributed by atoms with van der Waals surface area (Å²) in [5, 5.41) is 0. The first kappa shape index (κ1) is 14.1. The van der Waals surface area contributed by atoms with Gasteiger partial charge in [0.15, 0.2) is 0 Å². The zero-order valence-electron chi connectivity index (χ0n) is 9.21. The fourth-order valence-electron chi connectivity index (χ4n) is 1.21. The van der Waals surface area contributed by atoms with Crippen molar-refractivity contribution in [2.24, 2.45) is 5.41 Å². The lowest BCUT2D eigenvalue weighted by atomic mass is 9.88. The second-order valence-electron chi connectivity index (χ2n) is 4.45. The van der Waals surface area contributed by atoms with E-state index in [0.717, 1.165) is 10.9 Å². The van der Waals surface area contributed by atoms with Gasteiger partial charge in [-0.15, -0.1) is 0 Å². The molecule has 0 heterocycles. The van der Waals surface area contributed by atoms with Gasteiger partial charge in [0, 0.05) is 4.47 Å². The Labute approximate surface area is 98.8 Å². The van der Waals surface area contributed by atoms with E-state index in [1.165, 1.54) is 5.56 Å². The van der Waals surface area contributed by atoms with Crippen molar-refractivity contribution in [2.75, 3.05) is 0 Å². The molecule has 0 aliphatic rings. The average molecular weight is 271 g/mol. The molecular formula is C12H15BrO2. The van der Waals surface area contributed by atoms with Gasteiger partial charge in [0.05, 0.1) is 0 Å². The second-order valence-corrected chi connectivity index (χ2v) is 5.36. The number of hydrogen-bond acceptors (Lipinski definition) is 2. The number of hydrogen-bond donors (Lipinski definition) is 0. The summed E-state index contributed by atoms with van der Waals surface area (Å²) < 4.78 is 1.15. The zero-order valence-corrected chi connectivity index (χ0v) is 10.8. The maximum absolute atomic E-state index is 8.12. The van der Waals surface area contributed by atoms with Crippen molar-refractivity contribution >= 4 is 22.1 Å². The molecular weight excluding hydrogens is 256 g/mol. The first-order chi connectivity index (χ1) is 6.89. The molecule has 1 aromatic rings. The normalized spacial score (nSPS) is 9.87. The van der Waals surface area contributed by atoms with E-state index in [4.69, 9.17) is 9.59 Å². The van der Waals surface area contributed by atoms with E-state index < -0.39 is 0 Å². The summed E-state index contributed by atoms with van der Waals surface area (Å²) in [6, 6.07) is 8.55. The van der Waals surface area contributed by atoms with Crippen LogP contribution in [-0.4, -0.2) is 6.15 Å². The molecule has 0 radical (unpaired) electrons. The van der Waals surface area contributed by atoms with E-state index in [1.807, 2.05) is 0 Å². The minimum absolute atomic E-state index is 0.250. The molecule has 0 unspecified atom stereocenters. The van der Waals surface area contributed by atoms with Crippen LogP contribution in [0.4, 0.5) is 0 Å². The largest absolute Gasteiger partial charge is 0.373 e. The van der Waals surface area contributed by atoms with Crippen molar-refractivity contribution in [1.29, 1.82) is 0 Å². The lowest BCUT2D eigenvalue weighted by Crippen LogP contribution is -2.08. The van der Waals surface area contributed by atoms with Crippen molar-refractivity contribution in [3.8, 4) is 0 Å². The third-order valence-electron chi connectivity index (χ3n) is 1.65. The van der Waals surface area contributed by atoms with E-state index in [2.05, 4.69) is 61.0 Å². The van der Waals surface area contributed by atoms with Crippen LogP contribution in [-0.2, 0) is 16.0 Å². The van der Waals surface area contributed by atoms with Crippen LogP contribution in [0.2, 0.25) is 0 Å². The third-order valence-corrected chi connectivity index (χ3v) is 2.18. The van der Waals surface area contributed by atoms with Gasteiger partial charge in [0.2, 0.25) is 0 Å². The molecule has 3 heteroatoms. The van der Waals surface area contributed by atoms with Crippen LogP contribution in [0.25, 0.3) is 0 Å². The Morgan fingerprint density at radius 1 is 1.13 bits per heavy atom. The molecule has 0 spiro atoms. The first-order valence-electron chi connectivity index (χ1n) is 4.63. The highest BCUT2D eigenvalue weighted by atomic mass is 79.9. The predicted octanol–water partition coefficient (Wildman–Crippen LogP) is 3.45. The Morgan fingerprint density at radius 2 is 1.53 bits per heavy atom. The highest BCUT2D eigenvalue weighted by Gasteiger charge is 2.10. The molecule has 0 aliphatic heterocycles. The first-order valence-corrected chi connectivity index (χ1v) is 5.42. The molecule has 0 N–H and O–H groups in total. The maximum atomic E-state index is 8.12. The highest BCUT2D eigenvalue weighted by Crippen LogP contribution is 2.21. The summed E-state index contributed by atoms with van der Waals surface area (Å²) in [5.41, 5.74) is 1.79. The Hall–Kier alpha value is -0.920. The second kappa shape index (κ2) is 6.54. The van der Waals surface area contributed by atoms with Gasteiger partial charge in [-0.1, -0.05) is 48.8 Å². The SMILES string of the molecule is CC(C)(C)Cc1ccc(Br)cc1.O=C=O. The van der Waals surface area contributed by atoms with Crippen LogP contribution < -0.4 is 0 Å². The Kier molecular flexibility index (Phi) is 6.14. The summed E-state index contributed by atoms with van der Waals surface area (Å²) in [4.78, 5) is 16.2. The van der Waals surface area contributed by atoms with Crippen molar-refractivity contribution in [3.05, 3.63) is 34.3 Å². The summed E-state index contributed by atoms with van der Waals surface area (Å²) in [6.07, 6.45) is 1.39. The molecule has 0 fully saturated rings. The Bertz CT molecular complexity index is 316. The van der Waals surface area contributed by atoms with Gasteiger partial charge in [0.1, 0.15) is 0 Å². The van der Waals surface area contributed by atoms with Gasteiger partial charge >= 0.3 is 6.15 Å². The molecule has 0 atom stereocenters. The Morgan fingerprint density at radius 3 is 1.87 bits per heavy atom. The molecule has 2 nitrogen and oxygen atoms in total. The maximum Gasteiger partial charge on any atom is 0.373 e. The average Bonchev–Trinajstić information content (AvgIpc) is 2.08. The smallest absolute Gasteiger partial charge is 0.186 e. The van der Waals surface area contributed by atoms with E-state index in [0.29, 0.717) is 5.41 Å². The molecule has 0 amide bonds. The van der Waals surface area contributed by atoms with Gasteiger partial charge in [-0.25, -0.2) is 0 Å². The summed E-state index contributed by atoms with van der Waals surface area (Å²) in [7, 11) is 0. The molecule has 0 aliphatic carbocycles. The van der Waals surface area contributed by atoms with Gasteiger partial charge in [-0.2, -0.15) is 9.59 Å². The zero-order chi connectivity index (χ0) is 11.9. The topological polar surface area (TPSA) is 34.1 Å². The van der Waals surface area contributed by atoms with Crippen LogP contribution in [0.15, 0.2) is 28.7 Å². The number of benzene rings is 1. The molecule has 0 saturated carbocycles. The van der Waals surface area contributed by atoms with Crippen LogP contribution >= 0.6 is 15.9 Å². The molecule has 0 aromatic heterocycles. The van der Waals surface area contributed by atoms with Gasteiger partial charge < -0.3 is 0 Å². The standard InChI is InChI=1S/C11H15Br.CO2/c1-11(2,3)8-9-4-6-10(12)7-5-9;2-1-3/h4-7H,8H2,1-3H3;. The monoisotopic (exact) mass is 270 g/mol. The number of halogens is 1. The van der Waals surface area contributed by atoms with Crippen LogP contribution in [0, 0.1) is 5.41 Å². The quantitative estimate of drug-likeness (QED) is 0.783. The predicted molar refractivity (Wildman–Crippen MR) is 62.3 cm³/mol. The van der Waals surface area contributed by atoms with Crippen molar-refractivity contribution in [2.45, 2.75) is 27.2 Å². The van der Waals surface area contributed by atoms with E-state index in [9.17, 15) is 0 Å². The summed E-state index contributed by atoms with van der Waals surface area (Å²) >= 11 is 3.43. The summed E-state index contributed by atoms with van der Waals surface area (Å²) in [5.74, 6) is 0. The lowest BCUT2D eigenvalue weighted by Gasteiger charge is -2.17. The van der Waals surface area contributed by atoms with Crippen LogP contribution in [0.3, 0.4) is 0 Å². The Balaban J connectivity index is 0.000000583. The fourth-order valence-corrected chi connectivity index (χ4v) is 1.48. The van der Waals surface area contributed by atoms with Crippen LogP contribution in [0.5, 0.6) is 0 Å². The van der Waals surface area contributed by atoms with Gasteiger partial charge in [0.25, 0.3) is 0 Å². The molecule has 1 rings (SSSR count). The lowest BCUT2D eigenvalue weighted by molar-refractivity contribution is -0.191. The van der Waals surface area contributed by atoms with E-state index >= 15 is 0 Å². The van der Waals surface area contributed by atoms with Gasteiger partial charge in [-0.3, -0.25) is 0 Å². The van der Waals surface area contributed by atoms with Crippen molar-refractivity contribution in [3.63, 3.8) is 0 Å². The molecule has 0 bridgehead atoms. The summed E-state index contributed by atoms with van der Waals surface area (Å²) in [6.45, 7) is 6.78. The molecule has 1 aromatic carbocycles.